The largest absolute Gasteiger partial charge is 0.243 e. The van der Waals surface area contributed by atoms with Gasteiger partial charge in [-0.25, -0.2) is 20.0 Å². The predicted octanol–water partition coefficient (Wildman–Crippen LogP) is 12.6. The average molecular weight is 797 g/mol. The number of benzene rings is 6. The fraction of sp³-hybridized carbons (Fsp3) is 0.0476. The van der Waals surface area contributed by atoms with Crippen LogP contribution in [0.1, 0.15) is 33.4 Å². The predicted molar refractivity (Wildman–Crippen MR) is 218 cm³/mol. The highest BCUT2D eigenvalue weighted by Crippen LogP contribution is 2.60. The molecule has 4 nitrogen and oxygen atoms in total. The van der Waals surface area contributed by atoms with Gasteiger partial charge in [-0.2, -0.15) is 0 Å². The molecule has 2 aliphatic heterocycles. The zero-order chi connectivity index (χ0) is 36.0. The maximum absolute atomic E-state index is 7.24. The van der Waals surface area contributed by atoms with Crippen LogP contribution in [0.3, 0.4) is 0 Å². The van der Waals surface area contributed by atoms with Crippen LogP contribution >= 0.6 is 69.6 Å². The summed E-state index contributed by atoms with van der Waals surface area (Å²) < 4.78 is 0. The molecule has 6 aromatic carbocycles. The zero-order valence-electron chi connectivity index (χ0n) is 26.9. The Morgan fingerprint density at radius 1 is 0.308 bits per heavy atom. The molecule has 0 radical (unpaired) electrons. The highest BCUT2D eigenvalue weighted by atomic mass is 35.5. The van der Waals surface area contributed by atoms with E-state index in [0.717, 1.165) is 22.3 Å². The Bertz CT molecular complexity index is 2130. The Morgan fingerprint density at radius 3 is 0.731 bits per heavy atom. The molecule has 0 bridgehead atoms. The van der Waals surface area contributed by atoms with Crippen LogP contribution in [0, 0.1) is 0 Å². The van der Waals surface area contributed by atoms with Crippen molar-refractivity contribution in [2.45, 2.75) is 11.3 Å². The standard InChI is InChI=1S/C42H24Cl6N4/c43-29-21-31(45)35(32(46)22-29)41(49-37(25-13-5-1-6-14-25)38(50-41)26-15-7-2-8-16-26)42(36-33(47)23-30(44)24-34(36)48)51-39(27-17-9-3-10-18-27)40(52-42)28-19-11-4-12-20-28/h1-24H. The molecule has 10 heteroatoms. The van der Waals surface area contributed by atoms with Gasteiger partial charge in [0.15, 0.2) is 0 Å². The minimum Gasteiger partial charge on any atom is -0.243 e. The molecule has 2 aliphatic rings. The number of nitrogens with zero attached hydrogens (tertiary/aromatic N) is 4. The lowest BCUT2D eigenvalue weighted by Crippen LogP contribution is -2.44. The van der Waals surface area contributed by atoms with Gasteiger partial charge < -0.3 is 0 Å². The van der Waals surface area contributed by atoms with Crippen molar-refractivity contribution in [3.8, 4) is 0 Å². The Morgan fingerprint density at radius 2 is 0.519 bits per heavy atom. The summed E-state index contributed by atoms with van der Waals surface area (Å²) in [5.74, 6) is 0. The van der Waals surface area contributed by atoms with E-state index < -0.39 is 11.3 Å². The van der Waals surface area contributed by atoms with Crippen molar-refractivity contribution in [3.63, 3.8) is 0 Å². The second-order valence-electron chi connectivity index (χ2n) is 12.1. The van der Waals surface area contributed by atoms with Crippen molar-refractivity contribution in [1.29, 1.82) is 0 Å². The van der Waals surface area contributed by atoms with E-state index in [2.05, 4.69) is 0 Å². The van der Waals surface area contributed by atoms with E-state index in [1.165, 1.54) is 0 Å². The van der Waals surface area contributed by atoms with Gasteiger partial charge in [0.1, 0.15) is 0 Å². The third-order valence-electron chi connectivity index (χ3n) is 8.93. The minimum absolute atomic E-state index is 0.201. The second kappa shape index (κ2) is 13.9. The number of rotatable bonds is 7. The summed E-state index contributed by atoms with van der Waals surface area (Å²) in [5.41, 5.74) is 2.39. The molecule has 254 valence electrons. The molecule has 0 fully saturated rings. The summed E-state index contributed by atoms with van der Waals surface area (Å²) in [7, 11) is 0. The van der Waals surface area contributed by atoms with Gasteiger partial charge in [-0.1, -0.05) is 191 Å². The van der Waals surface area contributed by atoms with Crippen LogP contribution in [0.25, 0.3) is 0 Å². The first kappa shape index (κ1) is 34.8. The Balaban J connectivity index is 1.61. The lowest BCUT2D eigenvalue weighted by molar-refractivity contribution is 0.257. The lowest BCUT2D eigenvalue weighted by atomic mass is 9.81. The van der Waals surface area contributed by atoms with Crippen molar-refractivity contribution < 1.29 is 0 Å². The third-order valence-corrected chi connectivity index (χ3v) is 10.6. The summed E-state index contributed by atoms with van der Waals surface area (Å²) in [6, 6.07) is 45.5. The molecule has 0 aliphatic carbocycles. The highest BCUT2D eigenvalue weighted by molar-refractivity contribution is 6.56. The Hall–Kier alpha value is -4.26. The highest BCUT2D eigenvalue weighted by Gasteiger charge is 2.63. The summed E-state index contributed by atoms with van der Waals surface area (Å²) in [5, 5.41) is 1.46. The fourth-order valence-electron chi connectivity index (χ4n) is 6.73. The molecular weight excluding hydrogens is 773 g/mol. The van der Waals surface area contributed by atoms with Gasteiger partial charge in [0.25, 0.3) is 0 Å². The van der Waals surface area contributed by atoms with Crippen LogP contribution in [-0.4, -0.2) is 22.8 Å². The van der Waals surface area contributed by atoms with Gasteiger partial charge in [0.05, 0.1) is 42.9 Å². The molecule has 8 rings (SSSR count). The molecular formula is C42H24Cl6N4. The summed E-state index contributed by atoms with van der Waals surface area (Å²) >= 11 is 42.1. The van der Waals surface area contributed by atoms with E-state index in [1.54, 1.807) is 24.3 Å². The van der Waals surface area contributed by atoms with Crippen LogP contribution < -0.4 is 0 Å². The SMILES string of the molecule is Clc1cc(Cl)c(C2(C3(c4c(Cl)cc(Cl)cc4Cl)N=C(c4ccccc4)C(c4ccccc4)=N3)N=C(c3ccccc3)C(c3ccccc3)=N2)c(Cl)c1. The fourth-order valence-corrected chi connectivity index (χ4v) is 8.89. The minimum atomic E-state index is -1.85. The number of aliphatic imine (C=N–C) groups is 4. The first-order valence-electron chi connectivity index (χ1n) is 16.1. The molecule has 0 aromatic heterocycles. The van der Waals surface area contributed by atoms with Gasteiger partial charge in [-0.05, 0) is 24.3 Å². The summed E-state index contributed by atoms with van der Waals surface area (Å²) in [6.45, 7) is 0. The topological polar surface area (TPSA) is 49.4 Å². The molecule has 0 amide bonds. The van der Waals surface area contributed by atoms with Gasteiger partial charge >= 0.3 is 0 Å². The zero-order valence-corrected chi connectivity index (χ0v) is 31.4. The molecule has 0 spiro atoms. The first-order chi connectivity index (χ1) is 25.2. The van der Waals surface area contributed by atoms with Crippen molar-refractivity contribution >= 4 is 92.5 Å². The second-order valence-corrected chi connectivity index (χ2v) is 14.6. The van der Waals surface area contributed by atoms with Gasteiger partial charge in [-0.15, -0.1) is 0 Å². The van der Waals surface area contributed by atoms with Gasteiger partial charge in [-0.3, -0.25) is 0 Å². The van der Waals surface area contributed by atoms with Crippen LogP contribution in [0.2, 0.25) is 30.1 Å². The van der Waals surface area contributed by atoms with Crippen molar-refractivity contribution in [3.05, 3.63) is 209 Å². The third kappa shape index (κ3) is 5.88. The summed E-state index contributed by atoms with van der Waals surface area (Å²) in [4.78, 5) is 22.4. The van der Waals surface area contributed by atoms with Crippen molar-refractivity contribution in [2.75, 3.05) is 0 Å². The summed E-state index contributed by atoms with van der Waals surface area (Å²) in [6.07, 6.45) is 0. The first-order valence-corrected chi connectivity index (χ1v) is 18.4. The number of hydrogen-bond donors (Lipinski definition) is 0. The Kier molecular flexibility index (Phi) is 9.33. The van der Waals surface area contributed by atoms with Gasteiger partial charge in [0, 0.05) is 43.4 Å². The molecule has 0 atom stereocenters. The maximum Gasteiger partial charge on any atom is 0.229 e. The van der Waals surface area contributed by atoms with Crippen molar-refractivity contribution in [2.24, 2.45) is 20.0 Å². The molecule has 0 saturated heterocycles. The molecule has 6 aromatic rings. The van der Waals surface area contributed by atoms with Crippen LogP contribution in [0.4, 0.5) is 0 Å². The van der Waals surface area contributed by atoms with Crippen LogP contribution in [0.5, 0.6) is 0 Å². The number of halogens is 6. The van der Waals surface area contributed by atoms with Crippen LogP contribution in [-0.2, 0) is 11.3 Å². The molecule has 2 heterocycles. The van der Waals surface area contributed by atoms with E-state index in [0.29, 0.717) is 44.0 Å². The molecule has 52 heavy (non-hydrogen) atoms. The molecule has 0 unspecified atom stereocenters. The van der Waals surface area contributed by atoms with E-state index in [9.17, 15) is 0 Å². The molecule has 0 saturated carbocycles. The normalized spacial score (nSPS) is 15.9. The average Bonchev–Trinajstić information content (AvgIpc) is 3.75. The monoisotopic (exact) mass is 794 g/mol. The van der Waals surface area contributed by atoms with Gasteiger partial charge in [0.2, 0.25) is 11.3 Å². The quantitative estimate of drug-likeness (QED) is 0.154. The van der Waals surface area contributed by atoms with E-state index in [1.807, 2.05) is 121 Å². The number of hydrogen-bond acceptors (Lipinski definition) is 4. The lowest BCUT2D eigenvalue weighted by Gasteiger charge is -2.40. The van der Waals surface area contributed by atoms with Crippen LogP contribution in [0.15, 0.2) is 166 Å². The van der Waals surface area contributed by atoms with E-state index in [-0.39, 0.29) is 20.1 Å². The van der Waals surface area contributed by atoms with E-state index >= 15 is 0 Å². The molecule has 0 N–H and O–H groups in total. The van der Waals surface area contributed by atoms with Crippen molar-refractivity contribution in [1.82, 2.24) is 0 Å². The Labute approximate surface area is 330 Å². The van der Waals surface area contributed by atoms with E-state index in [4.69, 9.17) is 89.6 Å². The maximum atomic E-state index is 7.24. The smallest absolute Gasteiger partial charge is 0.229 e.